The minimum absolute atomic E-state index is 0.00936. The van der Waals surface area contributed by atoms with Gasteiger partial charge >= 0.3 is 0 Å². The summed E-state index contributed by atoms with van der Waals surface area (Å²) in [6.45, 7) is 6.95. The lowest BCUT2D eigenvalue weighted by Crippen LogP contribution is -2.15. The number of aryl methyl sites for hydroxylation is 1. The lowest BCUT2D eigenvalue weighted by molar-refractivity contribution is 0.660. The highest BCUT2D eigenvalue weighted by atomic mass is 14.4. The van der Waals surface area contributed by atoms with Crippen LogP contribution in [0.1, 0.15) is 30.5 Å². The molecule has 0 N–H and O–H groups in total. The van der Waals surface area contributed by atoms with Crippen LogP contribution < -0.4 is 0 Å². The van der Waals surface area contributed by atoms with Crippen LogP contribution in [0.2, 0.25) is 0 Å². The van der Waals surface area contributed by atoms with E-state index in [0.29, 0.717) is 0 Å². The van der Waals surface area contributed by atoms with Crippen molar-refractivity contribution in [2.45, 2.75) is 26.2 Å². The molecule has 0 saturated carbocycles. The number of rotatable bonds is 2. The van der Waals surface area contributed by atoms with Gasteiger partial charge in [0.05, 0.1) is 0 Å². The highest BCUT2D eigenvalue weighted by Gasteiger charge is 2.37. The predicted octanol–water partition coefficient (Wildman–Crippen LogP) is 7.64. The van der Waals surface area contributed by atoms with E-state index in [0.717, 1.165) is 0 Å². The molecule has 0 nitrogen and oxygen atoms in total. The number of hydrogen-bond donors (Lipinski definition) is 0. The van der Waals surface area contributed by atoms with Crippen LogP contribution in [0.15, 0.2) is 91.0 Å². The summed E-state index contributed by atoms with van der Waals surface area (Å²) in [6.07, 6.45) is 0. The molecule has 5 rings (SSSR count). The highest BCUT2D eigenvalue weighted by molar-refractivity contribution is 5.94. The fourth-order valence-electron chi connectivity index (χ4n) is 4.73. The first-order chi connectivity index (χ1) is 13.6. The van der Waals surface area contributed by atoms with Crippen LogP contribution >= 0.6 is 0 Å². The molecule has 0 bridgehead atoms. The Hall–Kier alpha value is -3.12. The van der Waals surface area contributed by atoms with E-state index in [1.54, 1.807) is 0 Å². The van der Waals surface area contributed by atoms with Gasteiger partial charge in [-0.05, 0) is 63.1 Å². The van der Waals surface area contributed by atoms with Crippen molar-refractivity contribution in [3.05, 3.63) is 108 Å². The molecule has 0 radical (unpaired) electrons. The third kappa shape index (κ3) is 2.45. The van der Waals surface area contributed by atoms with Gasteiger partial charge in [0.25, 0.3) is 0 Å². The van der Waals surface area contributed by atoms with Crippen molar-refractivity contribution < 1.29 is 0 Å². The van der Waals surface area contributed by atoms with Gasteiger partial charge in [0.1, 0.15) is 0 Å². The van der Waals surface area contributed by atoms with Crippen molar-refractivity contribution in [2.24, 2.45) is 0 Å². The summed E-state index contributed by atoms with van der Waals surface area (Å²) in [5, 5.41) is 0. The molecule has 0 heterocycles. The van der Waals surface area contributed by atoms with Gasteiger partial charge in [-0.25, -0.2) is 0 Å². The molecule has 28 heavy (non-hydrogen) atoms. The van der Waals surface area contributed by atoms with Gasteiger partial charge in [0.2, 0.25) is 0 Å². The summed E-state index contributed by atoms with van der Waals surface area (Å²) in [5.41, 5.74) is 12.2. The van der Waals surface area contributed by atoms with Crippen molar-refractivity contribution in [1.82, 2.24) is 0 Å². The summed E-state index contributed by atoms with van der Waals surface area (Å²) in [6, 6.07) is 33.1. The van der Waals surface area contributed by atoms with Crippen molar-refractivity contribution in [3.8, 4) is 33.4 Å². The topological polar surface area (TPSA) is 0 Å². The standard InChI is InChI=1S/C28H24/c1-19-17-26-24(18-23(19)21-13-8-5-9-14-21)27-22(20-11-6-4-7-12-20)15-10-16-25(27)28(26,2)3/h4-18H,1-3H3. The Morgan fingerprint density at radius 2 is 1.14 bits per heavy atom. The molecular formula is C28H24. The van der Waals surface area contributed by atoms with E-state index in [4.69, 9.17) is 0 Å². The molecule has 4 aromatic carbocycles. The van der Waals surface area contributed by atoms with Crippen LogP contribution in [0, 0.1) is 6.92 Å². The second-order valence-corrected chi connectivity index (χ2v) is 8.30. The molecule has 0 unspecified atom stereocenters. The average Bonchev–Trinajstić information content (AvgIpc) is 2.95. The van der Waals surface area contributed by atoms with Crippen molar-refractivity contribution in [1.29, 1.82) is 0 Å². The van der Waals surface area contributed by atoms with Crippen LogP contribution in [-0.2, 0) is 5.41 Å². The van der Waals surface area contributed by atoms with Crippen molar-refractivity contribution in [3.63, 3.8) is 0 Å². The molecule has 136 valence electrons. The molecule has 1 aliphatic carbocycles. The number of fused-ring (bicyclic) bond motifs is 3. The Morgan fingerprint density at radius 1 is 0.536 bits per heavy atom. The zero-order chi connectivity index (χ0) is 19.3. The maximum Gasteiger partial charge on any atom is 0.0159 e. The van der Waals surface area contributed by atoms with Crippen LogP contribution in [0.25, 0.3) is 33.4 Å². The number of hydrogen-bond acceptors (Lipinski definition) is 0. The van der Waals surface area contributed by atoms with E-state index in [2.05, 4.69) is 112 Å². The molecule has 0 atom stereocenters. The van der Waals surface area contributed by atoms with Crippen LogP contribution in [0.5, 0.6) is 0 Å². The van der Waals surface area contributed by atoms with Gasteiger partial charge in [-0.2, -0.15) is 0 Å². The Balaban J connectivity index is 1.82. The summed E-state index contributed by atoms with van der Waals surface area (Å²) in [5.74, 6) is 0. The second kappa shape index (κ2) is 6.21. The monoisotopic (exact) mass is 360 g/mol. The van der Waals surface area contributed by atoms with Crippen molar-refractivity contribution in [2.75, 3.05) is 0 Å². The lowest BCUT2D eigenvalue weighted by Gasteiger charge is -2.22. The summed E-state index contributed by atoms with van der Waals surface area (Å²) in [4.78, 5) is 0. The summed E-state index contributed by atoms with van der Waals surface area (Å²) >= 11 is 0. The van der Waals surface area contributed by atoms with Gasteiger partial charge < -0.3 is 0 Å². The smallest absolute Gasteiger partial charge is 0.0159 e. The third-order valence-electron chi connectivity index (χ3n) is 6.21. The van der Waals surface area contributed by atoms with E-state index in [9.17, 15) is 0 Å². The van der Waals surface area contributed by atoms with Crippen LogP contribution in [0.3, 0.4) is 0 Å². The molecule has 0 heteroatoms. The lowest BCUT2D eigenvalue weighted by atomic mass is 9.81. The van der Waals surface area contributed by atoms with E-state index < -0.39 is 0 Å². The normalized spacial score (nSPS) is 13.8. The molecule has 0 aromatic heterocycles. The van der Waals surface area contributed by atoms with Gasteiger partial charge in [-0.3, -0.25) is 0 Å². The Morgan fingerprint density at radius 3 is 1.79 bits per heavy atom. The zero-order valence-corrected chi connectivity index (χ0v) is 16.7. The quantitative estimate of drug-likeness (QED) is 0.344. The first-order valence-corrected chi connectivity index (χ1v) is 9.97. The zero-order valence-electron chi connectivity index (χ0n) is 16.7. The average molecular weight is 361 g/mol. The molecular weight excluding hydrogens is 336 g/mol. The van der Waals surface area contributed by atoms with Gasteiger partial charge in [0, 0.05) is 5.41 Å². The minimum atomic E-state index is 0.00936. The van der Waals surface area contributed by atoms with E-state index in [1.165, 1.54) is 50.1 Å². The molecule has 4 aromatic rings. The third-order valence-corrected chi connectivity index (χ3v) is 6.21. The molecule has 1 aliphatic rings. The largest absolute Gasteiger partial charge is 0.0622 e. The molecule has 0 spiro atoms. The fourth-order valence-corrected chi connectivity index (χ4v) is 4.73. The van der Waals surface area contributed by atoms with Crippen LogP contribution in [-0.4, -0.2) is 0 Å². The Bertz CT molecular complexity index is 1170. The Labute approximate surface area is 167 Å². The second-order valence-electron chi connectivity index (χ2n) is 8.30. The van der Waals surface area contributed by atoms with E-state index in [-0.39, 0.29) is 5.41 Å². The summed E-state index contributed by atoms with van der Waals surface area (Å²) in [7, 11) is 0. The fraction of sp³-hybridized carbons (Fsp3) is 0.143. The molecule has 0 amide bonds. The van der Waals surface area contributed by atoms with Gasteiger partial charge in [0.15, 0.2) is 0 Å². The maximum absolute atomic E-state index is 2.42. The van der Waals surface area contributed by atoms with Gasteiger partial charge in [-0.1, -0.05) is 98.8 Å². The molecule has 0 aliphatic heterocycles. The van der Waals surface area contributed by atoms with E-state index in [1.807, 2.05) is 0 Å². The minimum Gasteiger partial charge on any atom is -0.0622 e. The van der Waals surface area contributed by atoms with E-state index >= 15 is 0 Å². The van der Waals surface area contributed by atoms with Gasteiger partial charge in [-0.15, -0.1) is 0 Å². The Kier molecular flexibility index (Phi) is 3.77. The van der Waals surface area contributed by atoms with Crippen molar-refractivity contribution >= 4 is 0 Å². The van der Waals surface area contributed by atoms with Crippen LogP contribution in [0.4, 0.5) is 0 Å². The first kappa shape index (κ1) is 17.0. The number of benzene rings is 4. The molecule has 0 saturated heterocycles. The predicted molar refractivity (Wildman–Crippen MR) is 120 cm³/mol. The molecule has 0 fully saturated rings. The maximum atomic E-state index is 2.42. The first-order valence-electron chi connectivity index (χ1n) is 9.97. The SMILES string of the molecule is Cc1cc2c(cc1-c1ccccc1)-c1c(-c3ccccc3)cccc1C2(C)C. The highest BCUT2D eigenvalue weighted by Crippen LogP contribution is 2.53. The summed E-state index contributed by atoms with van der Waals surface area (Å²) < 4.78 is 0.